The van der Waals surface area contributed by atoms with Gasteiger partial charge in [-0.15, -0.1) is 0 Å². The van der Waals surface area contributed by atoms with Gasteiger partial charge in [0.1, 0.15) is 0 Å². The molecule has 0 saturated heterocycles. The van der Waals surface area contributed by atoms with E-state index in [0.29, 0.717) is 16.2 Å². The molecule has 2 aromatic rings. The van der Waals surface area contributed by atoms with Gasteiger partial charge in [0.15, 0.2) is 14.6 Å². The zero-order valence-electron chi connectivity index (χ0n) is 12.7. The molecule has 114 valence electrons. The third-order valence-corrected chi connectivity index (χ3v) is 4.80. The van der Waals surface area contributed by atoms with Gasteiger partial charge in [-0.25, -0.2) is 8.42 Å². The number of aromatic nitrogens is 2. The zero-order valence-corrected chi connectivity index (χ0v) is 14.3. The Morgan fingerprint density at radius 2 is 1.76 bits per heavy atom. The smallest absolute Gasteiger partial charge is 0.177 e. The summed E-state index contributed by atoms with van der Waals surface area (Å²) in [7, 11) is -3.15. The highest BCUT2D eigenvalue weighted by atomic mass is 32.2. The Bertz CT molecular complexity index is 791. The van der Waals surface area contributed by atoms with Gasteiger partial charge in [-0.2, -0.15) is 0 Å². The molecule has 21 heavy (non-hydrogen) atoms. The van der Waals surface area contributed by atoms with Crippen molar-refractivity contribution in [2.24, 2.45) is 0 Å². The average molecular weight is 324 g/mol. The summed E-state index contributed by atoms with van der Waals surface area (Å²) in [5.41, 5.74) is 2.13. The highest BCUT2D eigenvalue weighted by molar-refractivity contribution is 7.90. The lowest BCUT2D eigenvalue weighted by molar-refractivity contribution is 0.529. The fourth-order valence-corrected chi connectivity index (χ4v) is 3.05. The third kappa shape index (κ3) is 3.63. The molecule has 0 bridgehead atoms. The van der Waals surface area contributed by atoms with Gasteiger partial charge in [0.2, 0.25) is 0 Å². The minimum absolute atomic E-state index is 0.0136. The molecular weight excluding hydrogens is 304 g/mol. The van der Waals surface area contributed by atoms with E-state index >= 15 is 0 Å². The predicted octanol–water partition coefficient (Wildman–Crippen LogP) is 3.29. The van der Waals surface area contributed by atoms with Crippen LogP contribution < -0.4 is 0 Å². The molecular formula is C15H20N2O2S2. The van der Waals surface area contributed by atoms with Crippen molar-refractivity contribution in [3.8, 4) is 0 Å². The molecule has 0 fully saturated rings. The van der Waals surface area contributed by atoms with Crippen molar-refractivity contribution in [1.29, 1.82) is 0 Å². The maximum absolute atomic E-state index is 11.5. The van der Waals surface area contributed by atoms with Crippen LogP contribution in [-0.2, 0) is 21.8 Å². The van der Waals surface area contributed by atoms with Gasteiger partial charge in [0.25, 0.3) is 0 Å². The van der Waals surface area contributed by atoms with Crippen molar-refractivity contribution in [3.05, 3.63) is 46.5 Å². The van der Waals surface area contributed by atoms with Crippen LogP contribution in [0.3, 0.4) is 0 Å². The summed E-state index contributed by atoms with van der Waals surface area (Å²) in [6.07, 6.45) is 3.15. The number of H-pyrrole nitrogens is 1. The van der Waals surface area contributed by atoms with Crippen LogP contribution in [0.5, 0.6) is 0 Å². The molecule has 1 heterocycles. The van der Waals surface area contributed by atoms with E-state index in [0.717, 1.165) is 11.3 Å². The summed E-state index contributed by atoms with van der Waals surface area (Å²) in [6, 6.07) is 6.94. The van der Waals surface area contributed by atoms with Crippen molar-refractivity contribution in [3.63, 3.8) is 0 Å². The Balaban J connectivity index is 2.36. The van der Waals surface area contributed by atoms with Gasteiger partial charge in [-0.3, -0.25) is 0 Å². The van der Waals surface area contributed by atoms with E-state index in [-0.39, 0.29) is 5.41 Å². The summed E-state index contributed by atoms with van der Waals surface area (Å²) in [6.45, 7) is 7.02. The molecule has 2 rings (SSSR count). The Morgan fingerprint density at radius 1 is 1.19 bits per heavy atom. The lowest BCUT2D eigenvalue weighted by atomic mass is 9.92. The minimum atomic E-state index is -3.15. The summed E-state index contributed by atoms with van der Waals surface area (Å²) >= 11 is 5.34. The SMILES string of the molecule is CC(C)(C)c1c[nH]c(=S)n1Cc1ccc(S(C)(=O)=O)cc1. The number of sulfone groups is 1. The molecule has 1 aromatic heterocycles. The number of rotatable bonds is 3. The fraction of sp³-hybridized carbons (Fsp3) is 0.400. The van der Waals surface area contributed by atoms with Crippen molar-refractivity contribution in [1.82, 2.24) is 9.55 Å². The first-order valence-electron chi connectivity index (χ1n) is 6.67. The van der Waals surface area contributed by atoms with E-state index in [1.807, 2.05) is 22.9 Å². The Hall–Kier alpha value is -1.40. The zero-order chi connectivity index (χ0) is 15.8. The van der Waals surface area contributed by atoms with Crippen LogP contribution in [0.25, 0.3) is 0 Å². The standard InChI is InChI=1S/C15H20N2O2S2/c1-15(2,3)13-9-16-14(20)17(13)10-11-5-7-12(8-6-11)21(4,18)19/h5-9H,10H2,1-4H3,(H,16,20). The van der Waals surface area contributed by atoms with E-state index in [4.69, 9.17) is 12.2 Å². The molecule has 1 N–H and O–H groups in total. The van der Waals surface area contributed by atoms with Crippen molar-refractivity contribution in [2.75, 3.05) is 6.26 Å². The first-order chi connectivity index (χ1) is 9.59. The van der Waals surface area contributed by atoms with Gasteiger partial charge in [-0.1, -0.05) is 32.9 Å². The largest absolute Gasteiger partial charge is 0.337 e. The molecule has 0 aliphatic carbocycles. The second kappa shape index (κ2) is 5.42. The average Bonchev–Trinajstić information content (AvgIpc) is 2.70. The van der Waals surface area contributed by atoms with Gasteiger partial charge in [0.05, 0.1) is 11.4 Å². The number of aromatic amines is 1. The van der Waals surface area contributed by atoms with E-state index < -0.39 is 9.84 Å². The fourth-order valence-electron chi connectivity index (χ4n) is 2.20. The van der Waals surface area contributed by atoms with Crippen LogP contribution in [0.4, 0.5) is 0 Å². The minimum Gasteiger partial charge on any atom is -0.337 e. The molecule has 0 aliphatic heterocycles. The second-order valence-electron chi connectivity index (χ2n) is 6.23. The lowest BCUT2D eigenvalue weighted by Crippen LogP contribution is -2.18. The normalized spacial score (nSPS) is 12.6. The third-order valence-electron chi connectivity index (χ3n) is 3.33. The van der Waals surface area contributed by atoms with Crippen LogP contribution in [0.1, 0.15) is 32.0 Å². The maximum Gasteiger partial charge on any atom is 0.177 e. The summed E-state index contributed by atoms with van der Waals surface area (Å²) in [4.78, 5) is 3.41. The highest BCUT2D eigenvalue weighted by Crippen LogP contribution is 2.23. The molecule has 0 unspecified atom stereocenters. The number of nitrogens with one attached hydrogen (secondary N) is 1. The monoisotopic (exact) mass is 324 g/mol. The van der Waals surface area contributed by atoms with E-state index in [9.17, 15) is 8.42 Å². The summed E-state index contributed by atoms with van der Waals surface area (Å²) < 4.78 is 25.7. The maximum atomic E-state index is 11.5. The van der Waals surface area contributed by atoms with Crippen molar-refractivity contribution >= 4 is 22.1 Å². The summed E-state index contributed by atoms with van der Waals surface area (Å²) in [5, 5.41) is 0. The van der Waals surface area contributed by atoms with Crippen molar-refractivity contribution in [2.45, 2.75) is 37.6 Å². The second-order valence-corrected chi connectivity index (χ2v) is 8.63. The summed E-state index contributed by atoms with van der Waals surface area (Å²) in [5.74, 6) is 0. The van der Waals surface area contributed by atoms with Gasteiger partial charge in [-0.05, 0) is 29.9 Å². The van der Waals surface area contributed by atoms with Gasteiger partial charge < -0.3 is 9.55 Å². The molecule has 6 heteroatoms. The first kappa shape index (κ1) is 16.0. The molecule has 1 aromatic carbocycles. The first-order valence-corrected chi connectivity index (χ1v) is 8.97. The predicted molar refractivity (Wildman–Crippen MR) is 87.0 cm³/mol. The van der Waals surface area contributed by atoms with Crippen molar-refractivity contribution < 1.29 is 8.42 Å². The topological polar surface area (TPSA) is 54.9 Å². The molecule has 0 saturated carbocycles. The van der Waals surface area contributed by atoms with Crippen LogP contribution in [0.15, 0.2) is 35.4 Å². The van der Waals surface area contributed by atoms with Crippen LogP contribution in [0, 0.1) is 4.77 Å². The molecule has 0 spiro atoms. The quantitative estimate of drug-likeness (QED) is 0.881. The molecule has 0 atom stereocenters. The molecule has 0 amide bonds. The van der Waals surface area contributed by atoms with Crippen LogP contribution in [0.2, 0.25) is 0 Å². The van der Waals surface area contributed by atoms with Crippen LogP contribution in [-0.4, -0.2) is 24.2 Å². The molecule has 0 radical (unpaired) electrons. The Kier molecular flexibility index (Phi) is 4.13. The number of imidazole rings is 1. The number of nitrogens with zero attached hydrogens (tertiary/aromatic N) is 1. The lowest BCUT2D eigenvalue weighted by Gasteiger charge is -2.20. The Morgan fingerprint density at radius 3 is 2.24 bits per heavy atom. The molecule has 0 aliphatic rings. The van der Waals surface area contributed by atoms with E-state index in [1.165, 1.54) is 6.26 Å². The highest BCUT2D eigenvalue weighted by Gasteiger charge is 2.19. The van der Waals surface area contributed by atoms with E-state index in [2.05, 4.69) is 25.8 Å². The molecule has 4 nitrogen and oxygen atoms in total. The number of hydrogen-bond acceptors (Lipinski definition) is 3. The Labute approximate surface area is 130 Å². The van der Waals surface area contributed by atoms with Gasteiger partial charge in [0, 0.05) is 23.6 Å². The van der Waals surface area contributed by atoms with Crippen LogP contribution >= 0.6 is 12.2 Å². The van der Waals surface area contributed by atoms with Gasteiger partial charge >= 0.3 is 0 Å². The number of benzene rings is 1. The number of hydrogen-bond donors (Lipinski definition) is 1. The van der Waals surface area contributed by atoms with E-state index in [1.54, 1.807) is 12.1 Å².